The number of rotatable bonds is 7. The van der Waals surface area contributed by atoms with Crippen molar-refractivity contribution in [3.63, 3.8) is 0 Å². The van der Waals surface area contributed by atoms with E-state index in [4.69, 9.17) is 5.14 Å². The number of hydrogen-bond donors (Lipinski definition) is 1. The fourth-order valence-electron chi connectivity index (χ4n) is 2.82. The Hall–Kier alpha value is -1.70. The average Bonchev–Trinajstić information content (AvgIpc) is 2.99. The Kier molecular flexibility index (Phi) is 6.60. The fourth-order valence-corrected chi connectivity index (χ4v) is 5.21. The number of nitrogens with two attached hydrogens (primary N) is 1. The number of hydrogen-bond acceptors (Lipinski definition) is 4. The highest BCUT2D eigenvalue weighted by Gasteiger charge is 2.21. The maximum absolute atomic E-state index is 12.4. The summed E-state index contributed by atoms with van der Waals surface area (Å²) in [4.78, 5) is 15.2. The molecule has 0 spiro atoms. The van der Waals surface area contributed by atoms with E-state index in [0.717, 1.165) is 16.9 Å². The molecular formula is C19H26N2O3S2. The molecule has 1 aromatic carbocycles. The third-order valence-electron chi connectivity index (χ3n) is 4.11. The highest BCUT2D eigenvalue weighted by molar-refractivity contribution is 7.91. The Labute approximate surface area is 159 Å². The number of carbonyl (C=O) groups is 1. The van der Waals surface area contributed by atoms with Crippen molar-refractivity contribution < 1.29 is 13.2 Å². The molecule has 1 heterocycles. The minimum Gasteiger partial charge on any atom is -0.339 e. The lowest BCUT2D eigenvalue weighted by atomic mass is 9.85. The lowest BCUT2D eigenvalue weighted by molar-refractivity contribution is 0.0773. The van der Waals surface area contributed by atoms with Crippen LogP contribution in [0.4, 0.5) is 0 Å². The van der Waals surface area contributed by atoms with E-state index in [1.165, 1.54) is 11.3 Å². The second-order valence-corrected chi connectivity index (χ2v) is 9.51. The molecule has 142 valence electrons. The van der Waals surface area contributed by atoms with Gasteiger partial charge < -0.3 is 4.90 Å². The smallest absolute Gasteiger partial charge is 0.253 e. The van der Waals surface area contributed by atoms with Crippen molar-refractivity contribution in [3.05, 3.63) is 40.8 Å². The zero-order valence-electron chi connectivity index (χ0n) is 15.7. The molecule has 5 nitrogen and oxygen atoms in total. The second-order valence-electron chi connectivity index (χ2n) is 6.61. The van der Waals surface area contributed by atoms with E-state index < -0.39 is 10.0 Å². The van der Waals surface area contributed by atoms with Crippen molar-refractivity contribution in [1.82, 2.24) is 4.90 Å². The first-order valence-electron chi connectivity index (χ1n) is 8.72. The molecule has 0 aliphatic rings. The average molecular weight is 394 g/mol. The number of carbonyl (C=O) groups excluding carboxylic acids is 1. The van der Waals surface area contributed by atoms with Gasteiger partial charge in [-0.05, 0) is 49.9 Å². The molecule has 0 saturated heterocycles. The maximum atomic E-state index is 12.4. The SMILES string of the molecule is CCN(CC)[11C](=O)c1ccc(-c2cc(CC(C)C)sc2S(N)(=O)=O)cc1. The molecule has 0 aliphatic heterocycles. The Bertz CT molecular complexity index is 865. The number of thiophene rings is 1. The van der Waals surface area contributed by atoms with Crippen molar-refractivity contribution in [3.8, 4) is 11.1 Å². The maximum Gasteiger partial charge on any atom is 0.253 e. The van der Waals surface area contributed by atoms with Crippen LogP contribution in [-0.4, -0.2) is 32.3 Å². The minimum absolute atomic E-state index is 0.0287. The Morgan fingerprint density at radius 2 is 1.73 bits per heavy atom. The Balaban J connectivity index is 2.42. The molecular weight excluding hydrogens is 367 g/mol. The molecule has 2 aromatic rings. The van der Waals surface area contributed by atoms with Crippen molar-refractivity contribution in [2.45, 2.75) is 38.3 Å². The van der Waals surface area contributed by atoms with E-state index in [0.29, 0.717) is 30.1 Å². The molecule has 0 unspecified atom stereocenters. The Morgan fingerprint density at radius 1 is 1.15 bits per heavy atom. The van der Waals surface area contributed by atoms with Crippen LogP contribution in [0.3, 0.4) is 0 Å². The molecule has 0 bridgehead atoms. The van der Waals surface area contributed by atoms with Gasteiger partial charge in [0.1, 0.15) is 4.21 Å². The van der Waals surface area contributed by atoms with E-state index in [9.17, 15) is 13.2 Å². The second kappa shape index (κ2) is 8.33. The highest BCUT2D eigenvalue weighted by Crippen LogP contribution is 2.35. The Morgan fingerprint density at radius 3 is 2.19 bits per heavy atom. The lowest BCUT2D eigenvalue weighted by Crippen LogP contribution is -2.30. The summed E-state index contributed by atoms with van der Waals surface area (Å²) >= 11 is 1.22. The van der Waals surface area contributed by atoms with Crippen LogP contribution in [0.5, 0.6) is 0 Å². The standard InChI is InChI=1S/C19H26N2O3S2/c1-5-21(6-2)18(22)15-9-7-14(8-10-15)17-12-16(11-13(3)4)25-19(17)26(20,23)24/h7-10,12-13H,5-6,11H2,1-4H3,(H2,20,23,24)/i18-1. The zero-order chi connectivity index (χ0) is 19.5. The van der Waals surface area contributed by atoms with Crippen LogP contribution in [0.15, 0.2) is 34.5 Å². The molecule has 2 rings (SSSR count). The van der Waals surface area contributed by atoms with E-state index in [1.807, 2.05) is 19.9 Å². The van der Waals surface area contributed by atoms with Gasteiger partial charge in [0.2, 0.25) is 10.0 Å². The molecule has 1 aromatic heterocycles. The molecule has 7 heteroatoms. The monoisotopic (exact) mass is 393 g/mol. The van der Waals surface area contributed by atoms with Gasteiger partial charge in [0.25, 0.3) is 5.91 Å². The van der Waals surface area contributed by atoms with Crippen LogP contribution >= 0.6 is 11.3 Å². The van der Waals surface area contributed by atoms with Gasteiger partial charge >= 0.3 is 0 Å². The van der Waals surface area contributed by atoms with Gasteiger partial charge in [-0.1, -0.05) is 26.0 Å². The summed E-state index contributed by atoms with van der Waals surface area (Å²) in [6.07, 6.45) is 0.797. The lowest BCUT2D eigenvalue weighted by Gasteiger charge is -2.18. The van der Waals surface area contributed by atoms with E-state index >= 15 is 0 Å². The van der Waals surface area contributed by atoms with Crippen LogP contribution < -0.4 is 5.14 Å². The van der Waals surface area contributed by atoms with Gasteiger partial charge in [-0.2, -0.15) is 0 Å². The first-order valence-corrected chi connectivity index (χ1v) is 11.1. The first-order chi connectivity index (χ1) is 12.2. The van der Waals surface area contributed by atoms with Crippen LogP contribution in [0.1, 0.15) is 42.9 Å². The summed E-state index contributed by atoms with van der Waals surface area (Å²) in [6.45, 7) is 9.35. The van der Waals surface area contributed by atoms with Crippen LogP contribution in [-0.2, 0) is 16.4 Å². The molecule has 0 fully saturated rings. The van der Waals surface area contributed by atoms with Crippen LogP contribution in [0.25, 0.3) is 11.1 Å². The van der Waals surface area contributed by atoms with Crippen molar-refractivity contribution in [2.75, 3.05) is 13.1 Å². The molecule has 2 N–H and O–H groups in total. The summed E-state index contributed by atoms with van der Waals surface area (Å²) in [7, 11) is -3.80. The third kappa shape index (κ3) is 4.72. The van der Waals surface area contributed by atoms with Gasteiger partial charge in [0, 0.05) is 29.1 Å². The molecule has 26 heavy (non-hydrogen) atoms. The van der Waals surface area contributed by atoms with Gasteiger partial charge in [-0.3, -0.25) is 4.79 Å². The predicted molar refractivity (Wildman–Crippen MR) is 107 cm³/mol. The first kappa shape index (κ1) is 20.6. The van der Waals surface area contributed by atoms with Gasteiger partial charge in [0.05, 0.1) is 0 Å². The number of amides is 1. The van der Waals surface area contributed by atoms with E-state index in [-0.39, 0.29) is 10.1 Å². The van der Waals surface area contributed by atoms with Crippen molar-refractivity contribution in [2.24, 2.45) is 11.1 Å². The summed E-state index contributed by atoms with van der Waals surface area (Å²) in [5.41, 5.74) is 1.94. The van der Waals surface area contributed by atoms with Crippen LogP contribution in [0.2, 0.25) is 0 Å². The van der Waals surface area contributed by atoms with Crippen LogP contribution in [0, 0.1) is 5.92 Å². The van der Waals surface area contributed by atoms with Gasteiger partial charge in [-0.15, -0.1) is 11.3 Å². The molecule has 0 radical (unpaired) electrons. The number of sulfonamides is 1. The summed E-state index contributed by atoms with van der Waals surface area (Å²) < 4.78 is 24.2. The largest absolute Gasteiger partial charge is 0.339 e. The van der Waals surface area contributed by atoms with E-state index in [1.54, 1.807) is 29.2 Å². The quantitative estimate of drug-likeness (QED) is 0.778. The number of benzene rings is 1. The molecule has 0 aliphatic carbocycles. The fraction of sp³-hybridized carbons (Fsp3) is 0.421. The number of primary sulfonamides is 1. The molecule has 0 saturated carbocycles. The normalized spacial score (nSPS) is 11.8. The topological polar surface area (TPSA) is 80.5 Å². The molecule has 0 atom stereocenters. The highest BCUT2D eigenvalue weighted by atomic mass is 32.2. The van der Waals surface area contributed by atoms with E-state index in [2.05, 4.69) is 13.8 Å². The zero-order valence-corrected chi connectivity index (χ0v) is 17.3. The summed E-state index contributed by atoms with van der Waals surface area (Å²) in [5.74, 6) is 0.392. The third-order valence-corrected chi connectivity index (χ3v) is 6.75. The van der Waals surface area contributed by atoms with Gasteiger partial charge in [0.15, 0.2) is 0 Å². The predicted octanol–water partition coefficient (Wildman–Crippen LogP) is 3.74. The number of nitrogens with zero attached hydrogens (tertiary/aromatic N) is 1. The molecule has 1 amide bonds. The minimum atomic E-state index is -3.80. The van der Waals surface area contributed by atoms with Gasteiger partial charge in [-0.25, -0.2) is 13.6 Å². The van der Waals surface area contributed by atoms with Crippen molar-refractivity contribution in [1.29, 1.82) is 0 Å². The summed E-state index contributed by atoms with van der Waals surface area (Å²) in [5, 5.41) is 5.41. The van der Waals surface area contributed by atoms with Crippen molar-refractivity contribution >= 4 is 27.3 Å². The summed E-state index contributed by atoms with van der Waals surface area (Å²) in [6, 6.07) is 8.94.